The second-order valence-electron chi connectivity index (χ2n) is 5.31. The van der Waals surface area contributed by atoms with Gasteiger partial charge in [-0.2, -0.15) is 0 Å². The second-order valence-corrected chi connectivity index (χ2v) is 5.69. The van der Waals surface area contributed by atoms with Crippen molar-refractivity contribution in [1.29, 1.82) is 0 Å². The number of anilines is 1. The highest BCUT2D eigenvalue weighted by atomic mass is 35.5. The van der Waals surface area contributed by atoms with E-state index in [1.54, 1.807) is 6.07 Å². The summed E-state index contributed by atoms with van der Waals surface area (Å²) < 4.78 is 0. The topological polar surface area (TPSA) is 37.8 Å². The third kappa shape index (κ3) is 2.43. The molecule has 1 N–H and O–H groups in total. The number of hydrogen-bond acceptors (Lipinski definition) is 3. The van der Waals surface area contributed by atoms with Gasteiger partial charge in [0.1, 0.15) is 16.8 Å². The van der Waals surface area contributed by atoms with Crippen molar-refractivity contribution in [3.63, 3.8) is 0 Å². The van der Waals surface area contributed by atoms with Crippen LogP contribution in [0, 0.1) is 6.92 Å². The summed E-state index contributed by atoms with van der Waals surface area (Å²) in [6.45, 7) is 4.12. The van der Waals surface area contributed by atoms with Gasteiger partial charge in [0.05, 0.1) is 0 Å². The summed E-state index contributed by atoms with van der Waals surface area (Å²) in [5.41, 5.74) is 1.55. The molecular weight excluding hydrogens is 258 g/mol. The first-order chi connectivity index (χ1) is 9.08. The lowest BCUT2D eigenvalue weighted by Gasteiger charge is -2.13. The lowest BCUT2D eigenvalue weighted by Crippen LogP contribution is -2.15. The lowest BCUT2D eigenvalue weighted by atomic mass is 9.98. The number of rotatable bonds is 3. The van der Waals surface area contributed by atoms with Gasteiger partial charge in [-0.15, -0.1) is 0 Å². The van der Waals surface area contributed by atoms with E-state index in [1.807, 2.05) is 13.0 Å². The Morgan fingerprint density at radius 3 is 2.68 bits per heavy atom. The predicted molar refractivity (Wildman–Crippen MR) is 77.6 cm³/mol. The van der Waals surface area contributed by atoms with E-state index in [4.69, 9.17) is 11.6 Å². The molecule has 0 aliphatic heterocycles. The van der Waals surface area contributed by atoms with Crippen molar-refractivity contribution in [1.82, 2.24) is 9.97 Å². The largest absolute Gasteiger partial charge is 0.366 e. The zero-order valence-electron chi connectivity index (χ0n) is 11.0. The van der Waals surface area contributed by atoms with E-state index < -0.39 is 0 Å². The second kappa shape index (κ2) is 4.49. The minimum atomic E-state index is 0.187. The molecule has 1 aliphatic rings. The van der Waals surface area contributed by atoms with Crippen LogP contribution in [-0.2, 0) is 5.41 Å². The van der Waals surface area contributed by atoms with Gasteiger partial charge in [-0.1, -0.05) is 48.9 Å². The third-order valence-electron chi connectivity index (χ3n) is 3.80. The number of hydrogen-bond donors (Lipinski definition) is 1. The van der Waals surface area contributed by atoms with Gasteiger partial charge in [0.15, 0.2) is 0 Å². The van der Waals surface area contributed by atoms with E-state index >= 15 is 0 Å². The quantitative estimate of drug-likeness (QED) is 0.869. The van der Waals surface area contributed by atoms with Crippen molar-refractivity contribution in [3.05, 3.63) is 52.9 Å². The molecule has 2 atom stereocenters. The summed E-state index contributed by atoms with van der Waals surface area (Å²) in [4.78, 5) is 8.44. The molecule has 0 radical (unpaired) electrons. The molecule has 0 amide bonds. The SMILES string of the molecule is Cc1nc(Cl)cc(N[C@@H]2C[C@]2(C)c2ccccc2)n1. The molecule has 19 heavy (non-hydrogen) atoms. The molecule has 3 rings (SSSR count). The number of aromatic nitrogens is 2. The maximum absolute atomic E-state index is 5.95. The van der Waals surface area contributed by atoms with Gasteiger partial charge in [0.25, 0.3) is 0 Å². The van der Waals surface area contributed by atoms with Crippen LogP contribution in [0.4, 0.5) is 5.82 Å². The first-order valence-corrected chi connectivity index (χ1v) is 6.79. The Labute approximate surface area is 118 Å². The third-order valence-corrected chi connectivity index (χ3v) is 3.99. The summed E-state index contributed by atoms with van der Waals surface area (Å²) in [7, 11) is 0. The van der Waals surface area contributed by atoms with Gasteiger partial charge >= 0.3 is 0 Å². The van der Waals surface area contributed by atoms with Crippen LogP contribution in [0.25, 0.3) is 0 Å². The van der Waals surface area contributed by atoms with Crippen LogP contribution in [0.2, 0.25) is 5.15 Å². The van der Waals surface area contributed by atoms with E-state index in [1.165, 1.54) is 5.56 Å². The molecule has 98 valence electrons. The molecule has 1 aliphatic carbocycles. The number of halogens is 1. The van der Waals surface area contributed by atoms with Crippen LogP contribution >= 0.6 is 11.6 Å². The van der Waals surface area contributed by atoms with Crippen molar-refractivity contribution >= 4 is 17.4 Å². The van der Waals surface area contributed by atoms with E-state index in [2.05, 4.69) is 46.5 Å². The smallest absolute Gasteiger partial charge is 0.134 e. The summed E-state index contributed by atoms with van der Waals surface area (Å²) in [5, 5.41) is 3.93. The van der Waals surface area contributed by atoms with E-state index in [9.17, 15) is 0 Å². The fraction of sp³-hybridized carbons (Fsp3) is 0.333. The highest BCUT2D eigenvalue weighted by molar-refractivity contribution is 6.29. The van der Waals surface area contributed by atoms with Crippen LogP contribution < -0.4 is 5.32 Å². The Bertz CT molecular complexity index is 579. The zero-order chi connectivity index (χ0) is 13.5. The number of aryl methyl sites for hydroxylation is 1. The molecule has 1 aromatic heterocycles. The van der Waals surface area contributed by atoms with Gasteiger partial charge in [0, 0.05) is 17.5 Å². The number of nitrogens with zero attached hydrogens (tertiary/aromatic N) is 2. The number of benzene rings is 1. The van der Waals surface area contributed by atoms with Gasteiger partial charge in [-0.05, 0) is 18.9 Å². The molecule has 0 spiro atoms. The van der Waals surface area contributed by atoms with Crippen molar-refractivity contribution in [2.45, 2.75) is 31.7 Å². The van der Waals surface area contributed by atoms with Crippen LogP contribution in [0.1, 0.15) is 24.7 Å². The Balaban J connectivity index is 1.77. The molecular formula is C15H16ClN3. The highest BCUT2D eigenvalue weighted by Crippen LogP contribution is 2.49. The molecule has 1 heterocycles. The van der Waals surface area contributed by atoms with E-state index in [0.717, 1.165) is 12.2 Å². The summed E-state index contributed by atoms with van der Waals surface area (Å²) in [6.07, 6.45) is 1.11. The molecule has 0 saturated heterocycles. The standard InChI is InChI=1S/C15H16ClN3/c1-10-17-13(16)8-14(18-10)19-12-9-15(12,2)11-6-4-3-5-7-11/h3-8,12H,9H2,1-2H3,(H,17,18,19)/t12-,15-/m1/s1. The molecule has 1 fully saturated rings. The van der Waals surface area contributed by atoms with Crippen molar-refractivity contribution in [2.75, 3.05) is 5.32 Å². The molecule has 1 aromatic carbocycles. The average molecular weight is 274 g/mol. The highest BCUT2D eigenvalue weighted by Gasteiger charge is 2.51. The maximum atomic E-state index is 5.95. The Hall–Kier alpha value is -1.61. The van der Waals surface area contributed by atoms with Gasteiger partial charge in [0.2, 0.25) is 0 Å². The number of nitrogens with one attached hydrogen (secondary N) is 1. The monoisotopic (exact) mass is 273 g/mol. The average Bonchev–Trinajstić information content (AvgIpc) is 3.01. The fourth-order valence-electron chi connectivity index (χ4n) is 2.50. The minimum absolute atomic E-state index is 0.187. The van der Waals surface area contributed by atoms with Gasteiger partial charge < -0.3 is 5.32 Å². The zero-order valence-corrected chi connectivity index (χ0v) is 11.8. The van der Waals surface area contributed by atoms with Gasteiger partial charge in [-0.3, -0.25) is 0 Å². The molecule has 2 aromatic rings. The summed E-state index contributed by atoms with van der Waals surface area (Å²) in [6, 6.07) is 12.8. The maximum Gasteiger partial charge on any atom is 0.134 e. The predicted octanol–water partition coefficient (Wildman–Crippen LogP) is 3.58. The first-order valence-electron chi connectivity index (χ1n) is 6.41. The lowest BCUT2D eigenvalue weighted by molar-refractivity contribution is 0.756. The van der Waals surface area contributed by atoms with Gasteiger partial charge in [-0.25, -0.2) is 9.97 Å². The minimum Gasteiger partial charge on any atom is -0.366 e. The Morgan fingerprint density at radius 1 is 1.26 bits per heavy atom. The summed E-state index contributed by atoms with van der Waals surface area (Å²) in [5.74, 6) is 1.50. The Morgan fingerprint density at radius 2 is 2.00 bits per heavy atom. The van der Waals surface area contributed by atoms with Crippen molar-refractivity contribution in [2.24, 2.45) is 0 Å². The van der Waals surface area contributed by atoms with Crippen molar-refractivity contribution in [3.8, 4) is 0 Å². The molecule has 3 nitrogen and oxygen atoms in total. The molecule has 0 unspecified atom stereocenters. The van der Waals surface area contributed by atoms with Crippen LogP contribution in [0.5, 0.6) is 0 Å². The van der Waals surface area contributed by atoms with Crippen LogP contribution in [0.3, 0.4) is 0 Å². The molecule has 0 bridgehead atoms. The van der Waals surface area contributed by atoms with Crippen LogP contribution in [0.15, 0.2) is 36.4 Å². The van der Waals surface area contributed by atoms with E-state index in [-0.39, 0.29) is 5.41 Å². The van der Waals surface area contributed by atoms with E-state index in [0.29, 0.717) is 17.0 Å². The van der Waals surface area contributed by atoms with Crippen molar-refractivity contribution < 1.29 is 0 Å². The normalized spacial score (nSPS) is 25.1. The Kier molecular flexibility index (Phi) is 2.94. The van der Waals surface area contributed by atoms with Crippen LogP contribution in [-0.4, -0.2) is 16.0 Å². The first kappa shape index (κ1) is 12.4. The molecule has 4 heteroatoms. The molecule has 1 saturated carbocycles. The summed E-state index contributed by atoms with van der Waals surface area (Å²) >= 11 is 5.95. The fourth-order valence-corrected chi connectivity index (χ4v) is 2.72.